The molecule has 0 spiro atoms. The summed E-state index contributed by atoms with van der Waals surface area (Å²) < 4.78 is 4.90. The lowest BCUT2D eigenvalue weighted by atomic mass is 9.93. The molecular formula is C12H25NO3. The Morgan fingerprint density at radius 2 is 2.00 bits per heavy atom. The van der Waals surface area contributed by atoms with Crippen molar-refractivity contribution in [2.24, 2.45) is 5.92 Å². The molecule has 16 heavy (non-hydrogen) atoms. The van der Waals surface area contributed by atoms with E-state index < -0.39 is 0 Å². The van der Waals surface area contributed by atoms with Crippen molar-refractivity contribution in [1.82, 2.24) is 5.06 Å². The Kier molecular flexibility index (Phi) is 8.21. The van der Waals surface area contributed by atoms with Gasteiger partial charge in [0.25, 0.3) is 0 Å². The smallest absolute Gasteiger partial charge is 0.305 e. The fraction of sp³-hybridized carbons (Fsp3) is 0.917. The monoisotopic (exact) mass is 231 g/mol. The van der Waals surface area contributed by atoms with E-state index in [1.165, 1.54) is 0 Å². The fourth-order valence-corrected chi connectivity index (χ4v) is 1.94. The topological polar surface area (TPSA) is 38.8 Å². The van der Waals surface area contributed by atoms with Gasteiger partial charge in [-0.05, 0) is 32.1 Å². The minimum atomic E-state index is -0.0633. The molecule has 4 heteroatoms. The highest BCUT2D eigenvalue weighted by molar-refractivity contribution is 5.69. The van der Waals surface area contributed by atoms with Crippen molar-refractivity contribution >= 4 is 5.97 Å². The molecule has 0 amide bonds. The molecular weight excluding hydrogens is 206 g/mol. The molecule has 1 saturated heterocycles. The molecule has 1 heterocycles. The summed E-state index contributed by atoms with van der Waals surface area (Å²) in [5.41, 5.74) is 0. The van der Waals surface area contributed by atoms with Crippen LogP contribution >= 0.6 is 0 Å². The molecule has 4 nitrogen and oxygen atoms in total. The molecule has 0 bridgehead atoms. The lowest BCUT2D eigenvalue weighted by molar-refractivity contribution is -0.150. The van der Waals surface area contributed by atoms with E-state index >= 15 is 0 Å². The number of ether oxygens (including phenoxy) is 1. The van der Waals surface area contributed by atoms with Gasteiger partial charge in [0.2, 0.25) is 0 Å². The number of esters is 1. The van der Waals surface area contributed by atoms with Crippen molar-refractivity contribution in [1.29, 1.82) is 0 Å². The molecule has 0 aromatic heterocycles. The van der Waals surface area contributed by atoms with Gasteiger partial charge in [-0.15, -0.1) is 0 Å². The predicted molar refractivity (Wildman–Crippen MR) is 63.9 cm³/mol. The maximum absolute atomic E-state index is 11.1. The Morgan fingerprint density at radius 1 is 1.38 bits per heavy atom. The van der Waals surface area contributed by atoms with Crippen LogP contribution in [0.4, 0.5) is 0 Å². The first kappa shape index (κ1) is 15.4. The summed E-state index contributed by atoms with van der Waals surface area (Å²) >= 11 is 0. The van der Waals surface area contributed by atoms with Gasteiger partial charge in [-0.3, -0.25) is 4.79 Å². The summed E-state index contributed by atoms with van der Waals surface area (Å²) in [4.78, 5) is 16.3. The normalized spacial score (nSPS) is 17.9. The molecule has 1 fully saturated rings. The number of carbonyl (C=O) groups is 1. The first-order valence-electron chi connectivity index (χ1n) is 5.71. The van der Waals surface area contributed by atoms with Crippen LogP contribution in [0.2, 0.25) is 0 Å². The van der Waals surface area contributed by atoms with E-state index in [0.717, 1.165) is 32.4 Å². The Morgan fingerprint density at radius 3 is 2.50 bits per heavy atom. The van der Waals surface area contributed by atoms with E-state index in [9.17, 15) is 4.79 Å². The molecule has 0 N–H and O–H groups in total. The lowest BCUT2D eigenvalue weighted by Gasteiger charge is -2.29. The van der Waals surface area contributed by atoms with Crippen molar-refractivity contribution in [3.05, 3.63) is 0 Å². The molecule has 0 aromatic rings. The van der Waals surface area contributed by atoms with Gasteiger partial charge in [-0.1, -0.05) is 7.43 Å². The molecule has 0 atom stereocenters. The number of hydrogen-bond acceptors (Lipinski definition) is 4. The van der Waals surface area contributed by atoms with Crippen LogP contribution in [0.3, 0.4) is 0 Å². The van der Waals surface area contributed by atoms with Crippen LogP contribution in [0.1, 0.15) is 40.0 Å². The Labute approximate surface area is 98.9 Å². The van der Waals surface area contributed by atoms with Gasteiger partial charge in [0, 0.05) is 19.5 Å². The van der Waals surface area contributed by atoms with E-state index in [0.29, 0.717) is 18.9 Å². The zero-order chi connectivity index (χ0) is 11.1. The third-order valence-electron chi connectivity index (χ3n) is 2.89. The van der Waals surface area contributed by atoms with E-state index in [1.807, 2.05) is 12.0 Å². The van der Waals surface area contributed by atoms with Gasteiger partial charge >= 0.3 is 5.97 Å². The van der Waals surface area contributed by atoms with E-state index in [1.54, 1.807) is 7.11 Å². The van der Waals surface area contributed by atoms with Gasteiger partial charge < -0.3 is 9.57 Å². The van der Waals surface area contributed by atoms with Gasteiger partial charge in [0.05, 0.1) is 13.7 Å². The highest BCUT2D eigenvalue weighted by atomic mass is 16.7. The summed E-state index contributed by atoms with van der Waals surface area (Å²) in [6.07, 6.45) is 3.75. The van der Waals surface area contributed by atoms with Crippen molar-refractivity contribution < 1.29 is 14.4 Å². The average Bonchev–Trinajstić information content (AvgIpc) is 2.27. The summed E-state index contributed by atoms with van der Waals surface area (Å²) in [6.45, 7) is 4.28. The van der Waals surface area contributed by atoms with Crippen molar-refractivity contribution in [2.75, 3.05) is 26.8 Å². The first-order chi connectivity index (χ1) is 7.26. The first-order valence-corrected chi connectivity index (χ1v) is 5.71. The predicted octanol–water partition coefficient (Wildman–Crippen LogP) is 2.24. The summed E-state index contributed by atoms with van der Waals surface area (Å²) in [5, 5.41) is 1.97. The minimum Gasteiger partial charge on any atom is -0.466 e. The average molecular weight is 231 g/mol. The number of nitrogens with zero attached hydrogens (tertiary/aromatic N) is 1. The number of hydrogen-bond donors (Lipinski definition) is 0. The molecule has 1 aliphatic heterocycles. The molecule has 0 aromatic carbocycles. The van der Waals surface area contributed by atoms with Crippen molar-refractivity contribution in [2.45, 2.75) is 40.0 Å². The van der Waals surface area contributed by atoms with Crippen molar-refractivity contribution in [3.8, 4) is 0 Å². The lowest BCUT2D eigenvalue weighted by Crippen LogP contribution is -2.32. The second-order valence-corrected chi connectivity index (χ2v) is 3.90. The highest BCUT2D eigenvalue weighted by Crippen LogP contribution is 2.21. The van der Waals surface area contributed by atoms with E-state index in [4.69, 9.17) is 9.57 Å². The zero-order valence-electron chi connectivity index (χ0n) is 9.70. The standard InChI is InChI=1S/C11H21NO3.CH4/c1-3-15-11(13)5-4-10-6-8-12(14-2)9-7-10;/h10H,3-9H2,1-2H3;1H4. The van der Waals surface area contributed by atoms with Gasteiger partial charge in [-0.25, -0.2) is 0 Å². The van der Waals surface area contributed by atoms with Gasteiger partial charge in [0.15, 0.2) is 0 Å². The molecule has 0 unspecified atom stereocenters. The Hall–Kier alpha value is -0.610. The Bertz CT molecular complexity index is 189. The number of carbonyl (C=O) groups excluding carboxylic acids is 1. The second-order valence-electron chi connectivity index (χ2n) is 3.90. The largest absolute Gasteiger partial charge is 0.466 e. The number of rotatable bonds is 5. The van der Waals surface area contributed by atoms with Crippen LogP contribution < -0.4 is 0 Å². The fourth-order valence-electron chi connectivity index (χ4n) is 1.94. The second kappa shape index (κ2) is 8.53. The van der Waals surface area contributed by atoms with Crippen LogP contribution in [0.15, 0.2) is 0 Å². The van der Waals surface area contributed by atoms with Gasteiger partial charge in [-0.2, -0.15) is 5.06 Å². The highest BCUT2D eigenvalue weighted by Gasteiger charge is 2.19. The number of piperidine rings is 1. The SMILES string of the molecule is C.CCOC(=O)CCC1CCN(OC)CC1. The third-order valence-corrected chi connectivity index (χ3v) is 2.89. The molecule has 0 saturated carbocycles. The third kappa shape index (κ3) is 5.47. The molecule has 96 valence electrons. The minimum absolute atomic E-state index is 0. The molecule has 1 aliphatic rings. The number of hydroxylamine groups is 2. The van der Waals surface area contributed by atoms with Crippen LogP contribution in [0.25, 0.3) is 0 Å². The Balaban J connectivity index is 0.00000225. The van der Waals surface area contributed by atoms with Crippen molar-refractivity contribution in [3.63, 3.8) is 0 Å². The summed E-state index contributed by atoms with van der Waals surface area (Å²) in [5.74, 6) is 0.590. The molecule has 0 aliphatic carbocycles. The van der Waals surface area contributed by atoms with Crippen LogP contribution in [0, 0.1) is 5.92 Å². The van der Waals surface area contributed by atoms with Gasteiger partial charge in [0.1, 0.15) is 0 Å². The molecule has 1 rings (SSSR count). The van der Waals surface area contributed by atoms with Crippen LogP contribution in [0.5, 0.6) is 0 Å². The summed E-state index contributed by atoms with van der Waals surface area (Å²) in [6, 6.07) is 0. The van der Waals surface area contributed by atoms with E-state index in [-0.39, 0.29) is 13.4 Å². The molecule has 0 radical (unpaired) electrons. The van der Waals surface area contributed by atoms with Crippen LogP contribution in [-0.4, -0.2) is 37.8 Å². The van der Waals surface area contributed by atoms with E-state index in [2.05, 4.69) is 0 Å². The maximum Gasteiger partial charge on any atom is 0.305 e. The maximum atomic E-state index is 11.1. The zero-order valence-corrected chi connectivity index (χ0v) is 9.70. The quantitative estimate of drug-likeness (QED) is 0.680. The summed E-state index contributed by atoms with van der Waals surface area (Å²) in [7, 11) is 1.71. The van der Waals surface area contributed by atoms with Crippen LogP contribution in [-0.2, 0) is 14.4 Å².